The van der Waals surface area contributed by atoms with Crippen molar-refractivity contribution in [3.63, 3.8) is 0 Å². The van der Waals surface area contributed by atoms with Gasteiger partial charge in [0.05, 0.1) is 0 Å². The van der Waals surface area contributed by atoms with Gasteiger partial charge >= 0.3 is 0 Å². The zero-order valence-corrected chi connectivity index (χ0v) is 10.1. The number of hydrogen-bond donors (Lipinski definition) is 1. The summed E-state index contributed by atoms with van der Waals surface area (Å²) in [5, 5.41) is 3.17. The third kappa shape index (κ3) is 3.56. The molecule has 1 aromatic carbocycles. The van der Waals surface area contributed by atoms with Crippen molar-refractivity contribution in [2.24, 2.45) is 0 Å². The van der Waals surface area contributed by atoms with Crippen LogP contribution in [-0.2, 0) is 0 Å². The van der Waals surface area contributed by atoms with Crippen LogP contribution in [0.3, 0.4) is 0 Å². The van der Waals surface area contributed by atoms with Crippen LogP contribution in [0.25, 0.3) is 0 Å². The van der Waals surface area contributed by atoms with Gasteiger partial charge < -0.3 is 10.1 Å². The largest absolute Gasteiger partial charge is 0.486 e. The summed E-state index contributed by atoms with van der Waals surface area (Å²) >= 11 is 0. The first kappa shape index (κ1) is 12.1. The summed E-state index contributed by atoms with van der Waals surface area (Å²) in [5.74, 6) is 0.953. The fraction of sp³-hybridized carbons (Fsp3) is 0.538. The summed E-state index contributed by atoms with van der Waals surface area (Å²) in [5.41, 5.74) is 1.11. The molecule has 0 saturated carbocycles. The molecule has 0 aliphatic heterocycles. The third-order valence-electron chi connectivity index (χ3n) is 2.65. The molecule has 0 bridgehead atoms. The predicted octanol–water partition coefficient (Wildman–Crippen LogP) is 2.76. The first-order chi connectivity index (χ1) is 7.09. The molecule has 84 valence electrons. The van der Waals surface area contributed by atoms with E-state index in [9.17, 15) is 0 Å². The third-order valence-corrected chi connectivity index (χ3v) is 2.65. The fourth-order valence-corrected chi connectivity index (χ4v) is 1.57. The molecule has 1 unspecified atom stereocenters. The normalized spacial score (nSPS) is 14.7. The van der Waals surface area contributed by atoms with Crippen LogP contribution in [0.4, 0.5) is 0 Å². The number of rotatable bonds is 5. The van der Waals surface area contributed by atoms with Crippen LogP contribution < -0.4 is 10.1 Å². The molecule has 0 spiro atoms. The maximum absolute atomic E-state index is 6.01. The molecule has 1 aromatic rings. The van der Waals surface area contributed by atoms with Crippen LogP contribution in [0.1, 0.15) is 25.8 Å². The second-order valence-corrected chi connectivity index (χ2v) is 4.25. The zero-order chi connectivity index (χ0) is 11.3. The van der Waals surface area contributed by atoms with Gasteiger partial charge in [0.2, 0.25) is 0 Å². The maximum atomic E-state index is 6.01. The van der Waals surface area contributed by atoms with E-state index >= 15 is 0 Å². The number of hydrogen-bond acceptors (Lipinski definition) is 2. The Kier molecular flexibility index (Phi) is 4.15. The zero-order valence-electron chi connectivity index (χ0n) is 10.1. The highest BCUT2D eigenvalue weighted by Gasteiger charge is 2.22. The molecule has 0 saturated heterocycles. The lowest BCUT2D eigenvalue weighted by Gasteiger charge is -2.29. The quantitative estimate of drug-likeness (QED) is 0.801. The monoisotopic (exact) mass is 207 g/mol. The number of likely N-dealkylation sites (N-methyl/N-ethyl adjacent to an activating group) is 1. The SMILES string of the molecule is CCC(C)(CNC)Oc1cccc(C)c1. The first-order valence-corrected chi connectivity index (χ1v) is 5.50. The summed E-state index contributed by atoms with van der Waals surface area (Å²) in [6.45, 7) is 7.21. The van der Waals surface area contributed by atoms with Gasteiger partial charge in [0, 0.05) is 6.54 Å². The molecule has 0 amide bonds. The number of ether oxygens (including phenoxy) is 1. The molecule has 15 heavy (non-hydrogen) atoms. The molecule has 2 heteroatoms. The summed E-state index contributed by atoms with van der Waals surface area (Å²) < 4.78 is 6.01. The van der Waals surface area contributed by atoms with Crippen LogP contribution in [0.2, 0.25) is 0 Å². The van der Waals surface area contributed by atoms with E-state index in [0.29, 0.717) is 0 Å². The molecule has 1 rings (SSSR count). The highest BCUT2D eigenvalue weighted by atomic mass is 16.5. The van der Waals surface area contributed by atoms with E-state index in [-0.39, 0.29) is 5.60 Å². The van der Waals surface area contributed by atoms with E-state index in [2.05, 4.69) is 38.2 Å². The van der Waals surface area contributed by atoms with Crippen molar-refractivity contribution in [3.05, 3.63) is 29.8 Å². The Hall–Kier alpha value is -1.02. The van der Waals surface area contributed by atoms with Gasteiger partial charge in [-0.05, 0) is 45.0 Å². The van der Waals surface area contributed by atoms with Gasteiger partial charge in [0.15, 0.2) is 0 Å². The topological polar surface area (TPSA) is 21.3 Å². The Morgan fingerprint density at radius 2 is 2.13 bits per heavy atom. The molecule has 0 radical (unpaired) electrons. The summed E-state index contributed by atoms with van der Waals surface area (Å²) in [7, 11) is 1.95. The summed E-state index contributed by atoms with van der Waals surface area (Å²) in [6.07, 6.45) is 0.988. The van der Waals surface area contributed by atoms with Crippen LogP contribution in [0, 0.1) is 6.92 Å². The fourth-order valence-electron chi connectivity index (χ4n) is 1.57. The van der Waals surface area contributed by atoms with E-state index < -0.39 is 0 Å². The van der Waals surface area contributed by atoms with Crippen molar-refractivity contribution in [2.45, 2.75) is 32.8 Å². The van der Waals surface area contributed by atoms with Crippen LogP contribution >= 0.6 is 0 Å². The van der Waals surface area contributed by atoms with Crippen LogP contribution in [0.15, 0.2) is 24.3 Å². The van der Waals surface area contributed by atoms with Gasteiger partial charge in [-0.1, -0.05) is 19.1 Å². The Morgan fingerprint density at radius 1 is 1.40 bits per heavy atom. The number of nitrogens with one attached hydrogen (secondary N) is 1. The van der Waals surface area contributed by atoms with Crippen LogP contribution in [-0.4, -0.2) is 19.2 Å². The van der Waals surface area contributed by atoms with Gasteiger partial charge in [0.1, 0.15) is 11.4 Å². The molecule has 2 nitrogen and oxygen atoms in total. The predicted molar refractivity (Wildman–Crippen MR) is 64.4 cm³/mol. The average molecular weight is 207 g/mol. The number of benzene rings is 1. The molecular weight excluding hydrogens is 186 g/mol. The second-order valence-electron chi connectivity index (χ2n) is 4.25. The Bertz CT molecular complexity index is 311. The van der Waals surface area contributed by atoms with Crippen molar-refractivity contribution in [2.75, 3.05) is 13.6 Å². The molecule has 0 aliphatic rings. The smallest absolute Gasteiger partial charge is 0.120 e. The van der Waals surface area contributed by atoms with E-state index in [1.807, 2.05) is 19.2 Å². The lowest BCUT2D eigenvalue weighted by molar-refractivity contribution is 0.0857. The molecule has 0 aromatic heterocycles. The van der Waals surface area contributed by atoms with Crippen molar-refractivity contribution >= 4 is 0 Å². The maximum Gasteiger partial charge on any atom is 0.120 e. The minimum atomic E-state index is -0.122. The van der Waals surface area contributed by atoms with E-state index in [4.69, 9.17) is 4.74 Å². The molecule has 0 fully saturated rings. The van der Waals surface area contributed by atoms with Gasteiger partial charge in [0.25, 0.3) is 0 Å². The average Bonchev–Trinajstić information content (AvgIpc) is 2.18. The van der Waals surface area contributed by atoms with Crippen LogP contribution in [0.5, 0.6) is 5.75 Å². The Morgan fingerprint density at radius 3 is 2.67 bits per heavy atom. The molecule has 1 atom stereocenters. The van der Waals surface area contributed by atoms with E-state index in [0.717, 1.165) is 18.7 Å². The molecule has 0 heterocycles. The second kappa shape index (κ2) is 5.17. The Balaban J connectivity index is 2.74. The Labute approximate surface area is 92.6 Å². The van der Waals surface area contributed by atoms with E-state index in [1.165, 1.54) is 5.56 Å². The summed E-state index contributed by atoms with van der Waals surface area (Å²) in [4.78, 5) is 0. The lowest BCUT2D eigenvalue weighted by Crippen LogP contribution is -2.41. The summed E-state index contributed by atoms with van der Waals surface area (Å²) in [6, 6.07) is 8.19. The van der Waals surface area contributed by atoms with Gasteiger partial charge in [-0.25, -0.2) is 0 Å². The van der Waals surface area contributed by atoms with Crippen molar-refractivity contribution in [3.8, 4) is 5.75 Å². The molecule has 0 aliphatic carbocycles. The highest BCUT2D eigenvalue weighted by Crippen LogP contribution is 2.21. The van der Waals surface area contributed by atoms with Crippen molar-refractivity contribution in [1.82, 2.24) is 5.32 Å². The highest BCUT2D eigenvalue weighted by molar-refractivity contribution is 5.28. The minimum absolute atomic E-state index is 0.122. The van der Waals surface area contributed by atoms with Crippen molar-refractivity contribution in [1.29, 1.82) is 0 Å². The van der Waals surface area contributed by atoms with Crippen molar-refractivity contribution < 1.29 is 4.74 Å². The standard InChI is InChI=1S/C13H21NO/c1-5-13(3,10-14-4)15-12-8-6-7-11(2)9-12/h6-9,14H,5,10H2,1-4H3. The van der Waals surface area contributed by atoms with E-state index in [1.54, 1.807) is 0 Å². The molecule has 1 N–H and O–H groups in total. The molecular formula is C13H21NO. The lowest BCUT2D eigenvalue weighted by atomic mass is 10.0. The number of aryl methyl sites for hydroxylation is 1. The van der Waals surface area contributed by atoms with Gasteiger partial charge in [-0.15, -0.1) is 0 Å². The van der Waals surface area contributed by atoms with Gasteiger partial charge in [-0.2, -0.15) is 0 Å². The minimum Gasteiger partial charge on any atom is -0.486 e. The van der Waals surface area contributed by atoms with Gasteiger partial charge in [-0.3, -0.25) is 0 Å². The first-order valence-electron chi connectivity index (χ1n) is 5.50.